The first-order chi connectivity index (χ1) is 10.8. The number of nitrogens with one attached hydrogen (secondary N) is 2. The summed E-state index contributed by atoms with van der Waals surface area (Å²) in [6.07, 6.45) is 0. The second kappa shape index (κ2) is 6.34. The monoisotopic (exact) mass is 298 g/mol. The lowest BCUT2D eigenvalue weighted by molar-refractivity contribution is 0.337. The summed E-state index contributed by atoms with van der Waals surface area (Å²) in [5.41, 5.74) is 1.09. The molecule has 1 aromatic heterocycles. The summed E-state index contributed by atoms with van der Waals surface area (Å²) in [5.74, 6) is 1.44. The predicted molar refractivity (Wildman–Crippen MR) is 85.4 cm³/mol. The topological polar surface area (TPSA) is 72.1 Å². The molecule has 0 aliphatic carbocycles. The molecule has 0 amide bonds. The number of hydrogen-bond donors (Lipinski definition) is 2. The van der Waals surface area contributed by atoms with Gasteiger partial charge in [0.05, 0.1) is 13.7 Å². The van der Waals surface area contributed by atoms with Crippen LogP contribution in [-0.4, -0.2) is 28.9 Å². The number of benzene rings is 2. The molecule has 2 N–H and O–H groups in total. The molecule has 0 radical (unpaired) electrons. The summed E-state index contributed by atoms with van der Waals surface area (Å²) in [4.78, 5) is 4.16. The molecular formula is C16H18N4O2. The number of aromatic nitrogens is 3. The Hall–Kier alpha value is -2.76. The Balaban J connectivity index is 1.91. The molecule has 2 aromatic carbocycles. The minimum absolute atomic E-state index is 0.311. The van der Waals surface area contributed by atoms with Gasteiger partial charge in [-0.3, -0.25) is 0 Å². The summed E-state index contributed by atoms with van der Waals surface area (Å²) in [6, 6.07) is 12.6. The highest BCUT2D eigenvalue weighted by Gasteiger charge is 2.10. The van der Waals surface area contributed by atoms with Gasteiger partial charge in [-0.1, -0.05) is 30.3 Å². The zero-order valence-corrected chi connectivity index (χ0v) is 12.6. The second-order valence-electron chi connectivity index (χ2n) is 4.72. The van der Waals surface area contributed by atoms with Gasteiger partial charge in [-0.25, -0.2) is 5.10 Å². The average Bonchev–Trinajstić information content (AvgIpc) is 3.02. The van der Waals surface area contributed by atoms with Crippen molar-refractivity contribution in [1.82, 2.24) is 15.2 Å². The van der Waals surface area contributed by atoms with E-state index >= 15 is 0 Å². The number of anilines is 1. The highest BCUT2D eigenvalue weighted by Crippen LogP contribution is 2.28. The molecule has 0 aliphatic heterocycles. The first-order valence-electron chi connectivity index (χ1n) is 7.15. The first kappa shape index (κ1) is 14.2. The maximum Gasteiger partial charge on any atom is 0.336 e. The minimum atomic E-state index is 0.311. The van der Waals surface area contributed by atoms with E-state index in [1.54, 1.807) is 0 Å². The lowest BCUT2D eigenvalue weighted by Crippen LogP contribution is -2.05. The van der Waals surface area contributed by atoms with E-state index in [-0.39, 0.29) is 0 Å². The van der Waals surface area contributed by atoms with Gasteiger partial charge in [-0.2, -0.15) is 4.98 Å². The summed E-state index contributed by atoms with van der Waals surface area (Å²) in [5, 5.41) is 12.3. The lowest BCUT2D eigenvalue weighted by Gasteiger charge is -2.13. The van der Waals surface area contributed by atoms with Crippen molar-refractivity contribution < 1.29 is 9.47 Å². The predicted octanol–water partition coefficient (Wildman–Crippen LogP) is 2.98. The van der Waals surface area contributed by atoms with E-state index in [4.69, 9.17) is 9.47 Å². The number of hydrogen-bond acceptors (Lipinski definition) is 5. The molecule has 0 saturated carbocycles. The van der Waals surface area contributed by atoms with Crippen LogP contribution in [0, 0.1) is 0 Å². The van der Waals surface area contributed by atoms with Crippen LogP contribution in [0.4, 0.5) is 5.95 Å². The number of ether oxygens (including phenoxy) is 2. The summed E-state index contributed by atoms with van der Waals surface area (Å²) in [6.45, 7) is 3.18. The van der Waals surface area contributed by atoms with E-state index in [1.807, 2.05) is 25.1 Å². The Bertz CT molecular complexity index is 770. The highest BCUT2D eigenvalue weighted by molar-refractivity contribution is 5.88. The molecule has 114 valence electrons. The van der Waals surface area contributed by atoms with Crippen LogP contribution in [0.3, 0.4) is 0 Å². The number of H-pyrrole nitrogens is 1. The van der Waals surface area contributed by atoms with Crippen molar-refractivity contribution in [2.75, 3.05) is 19.0 Å². The van der Waals surface area contributed by atoms with Gasteiger partial charge in [0, 0.05) is 12.1 Å². The zero-order valence-electron chi connectivity index (χ0n) is 12.6. The fourth-order valence-electron chi connectivity index (χ4n) is 2.38. The van der Waals surface area contributed by atoms with Gasteiger partial charge in [0.2, 0.25) is 5.95 Å². The SMILES string of the molecule is CCOc1ccc2ccccc2c1CNc1nc(OC)n[nH]1. The maximum absolute atomic E-state index is 5.75. The van der Waals surface area contributed by atoms with Gasteiger partial charge in [0.25, 0.3) is 0 Å². The third-order valence-corrected chi connectivity index (χ3v) is 3.38. The molecule has 1 heterocycles. The third-order valence-electron chi connectivity index (χ3n) is 3.38. The molecule has 22 heavy (non-hydrogen) atoms. The number of fused-ring (bicyclic) bond motifs is 1. The molecule has 0 atom stereocenters. The van der Waals surface area contributed by atoms with Crippen LogP contribution < -0.4 is 14.8 Å². The second-order valence-corrected chi connectivity index (χ2v) is 4.72. The van der Waals surface area contributed by atoms with Crippen LogP contribution in [0.1, 0.15) is 12.5 Å². The van der Waals surface area contributed by atoms with Crippen molar-refractivity contribution in [3.05, 3.63) is 42.0 Å². The van der Waals surface area contributed by atoms with E-state index in [2.05, 4.69) is 38.7 Å². The largest absolute Gasteiger partial charge is 0.494 e. The molecular weight excluding hydrogens is 280 g/mol. The number of aromatic amines is 1. The van der Waals surface area contributed by atoms with Crippen LogP contribution >= 0.6 is 0 Å². The number of nitrogens with zero attached hydrogens (tertiary/aromatic N) is 2. The maximum atomic E-state index is 5.75. The number of rotatable bonds is 6. The molecule has 6 heteroatoms. The molecule has 3 rings (SSSR count). The van der Waals surface area contributed by atoms with Crippen LogP contribution in [0.2, 0.25) is 0 Å². The quantitative estimate of drug-likeness (QED) is 0.732. The number of methoxy groups -OCH3 is 1. The molecule has 6 nitrogen and oxygen atoms in total. The molecule has 0 aliphatic rings. The molecule has 0 spiro atoms. The van der Waals surface area contributed by atoms with E-state index < -0.39 is 0 Å². The zero-order chi connectivity index (χ0) is 15.4. The molecule has 0 saturated heterocycles. The van der Waals surface area contributed by atoms with E-state index in [9.17, 15) is 0 Å². The van der Waals surface area contributed by atoms with Gasteiger partial charge in [0.15, 0.2) is 0 Å². The van der Waals surface area contributed by atoms with Crippen molar-refractivity contribution in [1.29, 1.82) is 0 Å². The van der Waals surface area contributed by atoms with Crippen molar-refractivity contribution in [3.8, 4) is 11.8 Å². The first-order valence-corrected chi connectivity index (χ1v) is 7.15. The Morgan fingerprint density at radius 2 is 2.05 bits per heavy atom. The van der Waals surface area contributed by atoms with Crippen LogP contribution in [-0.2, 0) is 6.54 Å². The van der Waals surface area contributed by atoms with Crippen molar-refractivity contribution in [2.24, 2.45) is 0 Å². The minimum Gasteiger partial charge on any atom is -0.494 e. The summed E-state index contributed by atoms with van der Waals surface area (Å²) < 4.78 is 10.7. The highest BCUT2D eigenvalue weighted by atomic mass is 16.5. The van der Waals surface area contributed by atoms with Crippen molar-refractivity contribution >= 4 is 16.7 Å². The average molecular weight is 298 g/mol. The summed E-state index contributed by atoms with van der Waals surface area (Å²) >= 11 is 0. The Morgan fingerprint density at radius 1 is 1.18 bits per heavy atom. The Labute approximate surface area is 128 Å². The van der Waals surface area contributed by atoms with Crippen LogP contribution in [0.15, 0.2) is 36.4 Å². The molecule has 0 fully saturated rings. The van der Waals surface area contributed by atoms with Crippen LogP contribution in [0.25, 0.3) is 10.8 Å². The van der Waals surface area contributed by atoms with Gasteiger partial charge >= 0.3 is 6.01 Å². The van der Waals surface area contributed by atoms with E-state index in [0.29, 0.717) is 25.1 Å². The fraction of sp³-hybridized carbons (Fsp3) is 0.250. The molecule has 3 aromatic rings. The molecule has 0 unspecified atom stereocenters. The lowest BCUT2D eigenvalue weighted by atomic mass is 10.0. The Kier molecular flexibility index (Phi) is 4.09. The standard InChI is InChI=1S/C16H18N4O2/c1-3-22-14-9-8-11-6-4-5-7-12(11)13(14)10-17-15-18-16(21-2)20-19-15/h4-9H,3,10H2,1-2H3,(H2,17,18,19,20). The Morgan fingerprint density at radius 3 is 2.82 bits per heavy atom. The van der Waals surface area contributed by atoms with Gasteiger partial charge < -0.3 is 14.8 Å². The fourth-order valence-corrected chi connectivity index (χ4v) is 2.38. The smallest absolute Gasteiger partial charge is 0.336 e. The summed E-state index contributed by atoms with van der Waals surface area (Å²) in [7, 11) is 1.53. The third kappa shape index (κ3) is 2.81. The molecule has 0 bridgehead atoms. The van der Waals surface area contributed by atoms with E-state index in [1.165, 1.54) is 12.5 Å². The van der Waals surface area contributed by atoms with E-state index in [0.717, 1.165) is 16.7 Å². The van der Waals surface area contributed by atoms with Crippen molar-refractivity contribution in [3.63, 3.8) is 0 Å². The van der Waals surface area contributed by atoms with Gasteiger partial charge in [-0.15, -0.1) is 5.10 Å². The normalized spacial score (nSPS) is 10.6. The van der Waals surface area contributed by atoms with Gasteiger partial charge in [0.1, 0.15) is 5.75 Å². The van der Waals surface area contributed by atoms with Crippen molar-refractivity contribution in [2.45, 2.75) is 13.5 Å². The van der Waals surface area contributed by atoms with Gasteiger partial charge in [-0.05, 0) is 23.8 Å². The van der Waals surface area contributed by atoms with Crippen LogP contribution in [0.5, 0.6) is 11.8 Å².